The molecule has 0 unspecified atom stereocenters. The molecule has 0 saturated carbocycles. The number of benzene rings is 2. The van der Waals surface area contributed by atoms with Crippen molar-refractivity contribution in [2.24, 2.45) is 0 Å². The van der Waals surface area contributed by atoms with Crippen molar-refractivity contribution in [2.75, 3.05) is 18.2 Å². The SMILES string of the molecule is COc1ccccc1-n1nnnc1SCC(=O)Nc1nc(-c2ccc(Cl)cc2)cs1. The highest BCUT2D eigenvalue weighted by Crippen LogP contribution is 2.27. The number of amides is 1. The highest BCUT2D eigenvalue weighted by atomic mass is 35.5. The number of nitrogens with zero attached hydrogens (tertiary/aromatic N) is 5. The Labute approximate surface area is 185 Å². The number of carbonyl (C=O) groups excluding carboxylic acids is 1. The molecule has 0 aliphatic heterocycles. The predicted molar refractivity (Wildman–Crippen MR) is 118 cm³/mol. The second-order valence-electron chi connectivity index (χ2n) is 5.93. The van der Waals surface area contributed by atoms with Gasteiger partial charge in [-0.05, 0) is 34.7 Å². The van der Waals surface area contributed by atoms with Crippen LogP contribution in [0, 0.1) is 0 Å². The van der Waals surface area contributed by atoms with Crippen molar-refractivity contribution in [3.63, 3.8) is 0 Å². The van der Waals surface area contributed by atoms with Gasteiger partial charge in [0, 0.05) is 16.0 Å². The van der Waals surface area contributed by atoms with Gasteiger partial charge in [-0.15, -0.1) is 16.4 Å². The largest absolute Gasteiger partial charge is 0.494 e. The molecule has 1 N–H and O–H groups in total. The van der Waals surface area contributed by atoms with Crippen molar-refractivity contribution in [2.45, 2.75) is 5.16 Å². The summed E-state index contributed by atoms with van der Waals surface area (Å²) in [5, 5.41) is 18.1. The molecule has 0 radical (unpaired) electrons. The van der Waals surface area contributed by atoms with Gasteiger partial charge in [0.2, 0.25) is 11.1 Å². The van der Waals surface area contributed by atoms with Crippen molar-refractivity contribution in [1.29, 1.82) is 0 Å². The van der Waals surface area contributed by atoms with Gasteiger partial charge in [0.15, 0.2) is 5.13 Å². The molecule has 4 rings (SSSR count). The molecule has 152 valence electrons. The van der Waals surface area contributed by atoms with E-state index in [9.17, 15) is 4.79 Å². The lowest BCUT2D eigenvalue weighted by molar-refractivity contribution is -0.113. The second kappa shape index (κ2) is 9.24. The summed E-state index contributed by atoms with van der Waals surface area (Å²) in [6, 6.07) is 14.8. The summed E-state index contributed by atoms with van der Waals surface area (Å²) in [7, 11) is 1.58. The van der Waals surface area contributed by atoms with Gasteiger partial charge in [-0.1, -0.05) is 47.6 Å². The Morgan fingerprint density at radius 2 is 2.03 bits per heavy atom. The minimum absolute atomic E-state index is 0.130. The lowest BCUT2D eigenvalue weighted by atomic mass is 10.2. The number of halogens is 1. The van der Waals surface area contributed by atoms with Gasteiger partial charge in [-0.3, -0.25) is 4.79 Å². The van der Waals surface area contributed by atoms with Crippen LogP contribution in [0.2, 0.25) is 5.02 Å². The Bertz CT molecular complexity index is 1160. The van der Waals surface area contributed by atoms with Crippen molar-refractivity contribution in [3.8, 4) is 22.7 Å². The van der Waals surface area contributed by atoms with Crippen LogP contribution in [-0.4, -0.2) is 44.0 Å². The summed E-state index contributed by atoms with van der Waals surface area (Å²) in [6.07, 6.45) is 0. The molecule has 2 aromatic heterocycles. The Kier molecular flexibility index (Phi) is 6.26. The molecule has 0 bridgehead atoms. The predicted octanol–water partition coefficient (Wildman–Crippen LogP) is 4.18. The highest BCUT2D eigenvalue weighted by Gasteiger charge is 2.15. The maximum atomic E-state index is 12.4. The summed E-state index contributed by atoms with van der Waals surface area (Å²) in [5.41, 5.74) is 2.40. The Balaban J connectivity index is 1.40. The van der Waals surface area contributed by atoms with Crippen LogP contribution in [0.4, 0.5) is 5.13 Å². The number of nitrogens with one attached hydrogen (secondary N) is 1. The molecule has 2 aromatic carbocycles. The number of thiazole rings is 1. The molecule has 2 heterocycles. The minimum atomic E-state index is -0.202. The molecular weight excluding hydrogens is 444 g/mol. The first kappa shape index (κ1) is 20.3. The van der Waals surface area contributed by atoms with Crippen molar-refractivity contribution < 1.29 is 9.53 Å². The van der Waals surface area contributed by atoms with Crippen LogP contribution in [0.1, 0.15) is 0 Å². The number of aromatic nitrogens is 5. The third kappa shape index (κ3) is 4.61. The van der Waals surface area contributed by atoms with Gasteiger partial charge >= 0.3 is 0 Å². The van der Waals surface area contributed by atoms with Gasteiger partial charge < -0.3 is 10.1 Å². The van der Waals surface area contributed by atoms with Gasteiger partial charge in [0.1, 0.15) is 11.4 Å². The lowest BCUT2D eigenvalue weighted by Gasteiger charge is -2.08. The zero-order valence-corrected chi connectivity index (χ0v) is 18.0. The molecule has 0 aliphatic rings. The number of carbonyl (C=O) groups is 1. The normalized spacial score (nSPS) is 10.7. The van der Waals surface area contributed by atoms with Crippen LogP contribution in [0.25, 0.3) is 16.9 Å². The standard InChI is InChI=1S/C19H15ClN6O2S2/c1-28-16-5-3-2-4-15(16)26-19(23-24-25-26)30-11-17(27)22-18-21-14(10-29-18)12-6-8-13(20)9-7-12/h2-10H,11H2,1H3,(H,21,22,27). The number of tetrazole rings is 1. The quantitative estimate of drug-likeness (QED) is 0.415. The first-order chi connectivity index (χ1) is 14.6. The third-order valence-electron chi connectivity index (χ3n) is 3.98. The number of thioether (sulfide) groups is 1. The van der Waals surface area contributed by atoms with E-state index in [1.54, 1.807) is 23.9 Å². The fourth-order valence-electron chi connectivity index (χ4n) is 2.59. The van der Waals surface area contributed by atoms with Crippen LogP contribution in [0.5, 0.6) is 5.75 Å². The number of para-hydroxylation sites is 2. The van der Waals surface area contributed by atoms with E-state index < -0.39 is 0 Å². The van der Waals surface area contributed by atoms with Crippen LogP contribution >= 0.6 is 34.7 Å². The first-order valence-electron chi connectivity index (χ1n) is 8.70. The molecule has 8 nitrogen and oxygen atoms in total. The van der Waals surface area contributed by atoms with E-state index in [2.05, 4.69) is 25.8 Å². The third-order valence-corrected chi connectivity index (χ3v) is 5.91. The van der Waals surface area contributed by atoms with Gasteiger partial charge in [-0.2, -0.15) is 4.68 Å². The first-order valence-corrected chi connectivity index (χ1v) is 10.9. The molecule has 30 heavy (non-hydrogen) atoms. The maximum absolute atomic E-state index is 12.4. The van der Waals surface area contributed by atoms with Crippen molar-refractivity contribution in [3.05, 3.63) is 58.9 Å². The summed E-state index contributed by atoms with van der Waals surface area (Å²) in [6.45, 7) is 0. The minimum Gasteiger partial charge on any atom is -0.494 e. The zero-order chi connectivity index (χ0) is 20.9. The summed E-state index contributed by atoms with van der Waals surface area (Å²) < 4.78 is 6.90. The second-order valence-corrected chi connectivity index (χ2v) is 8.16. The zero-order valence-electron chi connectivity index (χ0n) is 15.7. The number of rotatable bonds is 7. The Hall–Kier alpha value is -2.95. The molecule has 4 aromatic rings. The molecule has 11 heteroatoms. The molecule has 0 spiro atoms. The Morgan fingerprint density at radius 3 is 2.83 bits per heavy atom. The van der Waals surface area contributed by atoms with Crippen LogP contribution in [0.15, 0.2) is 59.1 Å². The van der Waals surface area contributed by atoms with E-state index in [0.29, 0.717) is 26.7 Å². The fourth-order valence-corrected chi connectivity index (χ4v) is 4.14. The molecule has 0 aliphatic carbocycles. The number of methoxy groups -OCH3 is 1. The number of hydrogen-bond acceptors (Lipinski definition) is 8. The van der Waals surface area contributed by atoms with Gasteiger partial charge in [0.05, 0.1) is 18.6 Å². The average Bonchev–Trinajstić information content (AvgIpc) is 3.42. The fraction of sp³-hybridized carbons (Fsp3) is 0.105. The van der Waals surface area contributed by atoms with Crippen molar-refractivity contribution in [1.82, 2.24) is 25.2 Å². The van der Waals surface area contributed by atoms with Crippen LogP contribution < -0.4 is 10.1 Å². The highest BCUT2D eigenvalue weighted by molar-refractivity contribution is 7.99. The lowest BCUT2D eigenvalue weighted by Crippen LogP contribution is -2.14. The molecule has 0 saturated heterocycles. The summed E-state index contributed by atoms with van der Waals surface area (Å²) in [5.74, 6) is 0.561. The molecular formula is C19H15ClN6O2S2. The molecule has 0 atom stereocenters. The van der Waals surface area contributed by atoms with Crippen LogP contribution in [-0.2, 0) is 4.79 Å². The van der Waals surface area contributed by atoms with Crippen LogP contribution in [0.3, 0.4) is 0 Å². The van der Waals surface area contributed by atoms with Gasteiger partial charge in [-0.25, -0.2) is 4.98 Å². The smallest absolute Gasteiger partial charge is 0.236 e. The van der Waals surface area contributed by atoms with E-state index in [0.717, 1.165) is 11.3 Å². The summed E-state index contributed by atoms with van der Waals surface area (Å²) in [4.78, 5) is 16.8. The van der Waals surface area contributed by atoms with E-state index in [1.807, 2.05) is 41.8 Å². The number of anilines is 1. The Morgan fingerprint density at radius 1 is 1.23 bits per heavy atom. The maximum Gasteiger partial charge on any atom is 0.236 e. The monoisotopic (exact) mass is 458 g/mol. The number of ether oxygens (including phenoxy) is 1. The average molecular weight is 459 g/mol. The summed E-state index contributed by atoms with van der Waals surface area (Å²) >= 11 is 8.50. The van der Waals surface area contributed by atoms with E-state index in [-0.39, 0.29) is 11.7 Å². The van der Waals surface area contributed by atoms with E-state index >= 15 is 0 Å². The molecule has 0 fully saturated rings. The van der Waals surface area contributed by atoms with E-state index in [1.165, 1.54) is 23.1 Å². The van der Waals surface area contributed by atoms with E-state index in [4.69, 9.17) is 16.3 Å². The topological polar surface area (TPSA) is 94.8 Å². The number of hydrogen-bond donors (Lipinski definition) is 1. The molecule has 1 amide bonds. The van der Waals surface area contributed by atoms with Crippen molar-refractivity contribution >= 4 is 45.7 Å². The van der Waals surface area contributed by atoms with Gasteiger partial charge in [0.25, 0.3) is 0 Å².